The molecule has 0 saturated heterocycles. The number of benzene rings is 1. The van der Waals surface area contributed by atoms with E-state index in [4.69, 9.17) is 11.6 Å². The summed E-state index contributed by atoms with van der Waals surface area (Å²) in [5.74, 6) is -0.358. The van der Waals surface area contributed by atoms with E-state index in [-0.39, 0.29) is 47.1 Å². The Kier molecular flexibility index (Phi) is 10.3. The van der Waals surface area contributed by atoms with Crippen LogP contribution in [0.5, 0.6) is 0 Å². The molecule has 0 heterocycles. The van der Waals surface area contributed by atoms with Gasteiger partial charge in [-0.25, -0.2) is 4.39 Å². The van der Waals surface area contributed by atoms with Crippen molar-refractivity contribution < 1.29 is 13.9 Å². The van der Waals surface area contributed by atoms with Crippen molar-refractivity contribution in [3.05, 3.63) is 34.6 Å². The van der Waals surface area contributed by atoms with Crippen molar-refractivity contribution in [1.82, 2.24) is 10.6 Å². The number of methoxy groups -OCH3 is 1. The zero-order valence-corrected chi connectivity index (χ0v) is 18.2. The van der Waals surface area contributed by atoms with Crippen LogP contribution in [0.4, 0.5) is 4.39 Å². The first-order valence-electron chi connectivity index (χ1n) is 7.69. The van der Waals surface area contributed by atoms with Crippen molar-refractivity contribution in [3.8, 4) is 0 Å². The first-order valence-corrected chi connectivity index (χ1v) is 8.07. The number of nitrogens with zero attached hydrogens (tertiary/aromatic N) is 1. The van der Waals surface area contributed by atoms with E-state index in [1.54, 1.807) is 20.0 Å². The molecule has 0 bridgehead atoms. The van der Waals surface area contributed by atoms with Crippen LogP contribution in [-0.4, -0.2) is 39.2 Å². The Morgan fingerprint density at radius 3 is 2.56 bits per heavy atom. The van der Waals surface area contributed by atoms with E-state index in [2.05, 4.69) is 20.4 Å². The Labute approximate surface area is 170 Å². The number of carbonyl (C=O) groups excluding carboxylic acids is 1. The van der Waals surface area contributed by atoms with Crippen LogP contribution in [0.3, 0.4) is 0 Å². The van der Waals surface area contributed by atoms with Crippen molar-refractivity contribution in [2.24, 2.45) is 10.9 Å². The van der Waals surface area contributed by atoms with Crippen LogP contribution >= 0.6 is 35.6 Å². The summed E-state index contributed by atoms with van der Waals surface area (Å²) in [6.45, 7) is 6.72. The van der Waals surface area contributed by atoms with E-state index in [9.17, 15) is 9.18 Å². The fourth-order valence-electron chi connectivity index (χ4n) is 2.19. The van der Waals surface area contributed by atoms with Gasteiger partial charge in [0.2, 0.25) is 0 Å². The molecule has 5 nitrogen and oxygen atoms in total. The van der Waals surface area contributed by atoms with Crippen molar-refractivity contribution in [1.29, 1.82) is 0 Å². The molecule has 1 unspecified atom stereocenters. The average Bonchev–Trinajstić information content (AvgIpc) is 2.53. The fraction of sp³-hybridized carbons (Fsp3) is 0.529. The molecule has 0 aromatic heterocycles. The van der Waals surface area contributed by atoms with Crippen LogP contribution < -0.4 is 10.6 Å². The normalized spacial score (nSPS) is 12.8. The van der Waals surface area contributed by atoms with Crippen molar-refractivity contribution in [3.63, 3.8) is 0 Å². The summed E-state index contributed by atoms with van der Waals surface area (Å²) in [7, 11) is 3.01. The molecule has 1 atom stereocenters. The molecular weight excluding hydrogens is 460 g/mol. The molecule has 25 heavy (non-hydrogen) atoms. The molecule has 0 radical (unpaired) electrons. The molecular formula is C17H26ClFIN3O2. The number of halogens is 3. The fourth-order valence-corrected chi connectivity index (χ4v) is 2.62. The molecule has 8 heteroatoms. The van der Waals surface area contributed by atoms with Crippen LogP contribution in [0, 0.1) is 11.7 Å². The summed E-state index contributed by atoms with van der Waals surface area (Å²) in [4.78, 5) is 15.5. The van der Waals surface area contributed by atoms with Gasteiger partial charge in [-0.05, 0) is 17.7 Å². The van der Waals surface area contributed by atoms with Gasteiger partial charge < -0.3 is 15.4 Å². The second-order valence-corrected chi connectivity index (χ2v) is 6.65. The molecule has 0 fully saturated rings. The first-order chi connectivity index (χ1) is 11.2. The summed E-state index contributed by atoms with van der Waals surface area (Å²) in [5, 5.41) is 6.67. The summed E-state index contributed by atoms with van der Waals surface area (Å²) in [6, 6.07) is 4.40. The van der Waals surface area contributed by atoms with E-state index in [1.165, 1.54) is 19.2 Å². The summed E-state index contributed by atoms with van der Waals surface area (Å²) in [5.41, 5.74) is 0.507. The minimum absolute atomic E-state index is 0. The highest BCUT2D eigenvalue weighted by Gasteiger charge is 2.24. The Hall–Kier alpha value is -1.09. The van der Waals surface area contributed by atoms with Gasteiger partial charge in [-0.15, -0.1) is 24.0 Å². The number of guanidine groups is 1. The van der Waals surface area contributed by atoms with Crippen LogP contribution in [0.1, 0.15) is 26.3 Å². The monoisotopic (exact) mass is 485 g/mol. The Bertz CT molecular complexity index is 612. The van der Waals surface area contributed by atoms with Crippen LogP contribution in [0.25, 0.3) is 0 Å². The molecule has 1 aromatic rings. The second kappa shape index (κ2) is 10.8. The van der Waals surface area contributed by atoms with E-state index < -0.39 is 0 Å². The summed E-state index contributed by atoms with van der Waals surface area (Å²) >= 11 is 6.15. The van der Waals surface area contributed by atoms with Crippen molar-refractivity contribution in [2.75, 3.05) is 27.2 Å². The number of aliphatic imine (C=N–C) groups is 1. The number of hydrogen-bond donors (Lipinski definition) is 2. The maximum atomic E-state index is 13.2. The molecule has 1 rings (SSSR count). The number of esters is 1. The van der Waals surface area contributed by atoms with E-state index in [1.807, 2.05) is 13.8 Å². The zero-order chi connectivity index (χ0) is 18.3. The molecule has 0 spiro atoms. The lowest BCUT2D eigenvalue weighted by Crippen LogP contribution is -2.45. The third-order valence-corrected chi connectivity index (χ3v) is 4.07. The molecule has 2 N–H and O–H groups in total. The van der Waals surface area contributed by atoms with Gasteiger partial charge in [0.1, 0.15) is 5.82 Å². The van der Waals surface area contributed by atoms with Crippen molar-refractivity contribution >= 4 is 47.5 Å². The predicted molar refractivity (Wildman–Crippen MR) is 110 cm³/mol. The van der Waals surface area contributed by atoms with Gasteiger partial charge in [0.25, 0.3) is 0 Å². The molecule has 1 aromatic carbocycles. The van der Waals surface area contributed by atoms with Gasteiger partial charge in [-0.3, -0.25) is 9.79 Å². The summed E-state index contributed by atoms with van der Waals surface area (Å²) < 4.78 is 17.9. The Morgan fingerprint density at radius 1 is 1.40 bits per heavy atom. The lowest BCUT2D eigenvalue weighted by atomic mass is 9.84. The largest absolute Gasteiger partial charge is 0.469 e. The van der Waals surface area contributed by atoms with Gasteiger partial charge in [-0.1, -0.05) is 38.4 Å². The lowest BCUT2D eigenvalue weighted by Gasteiger charge is -2.28. The van der Waals surface area contributed by atoms with Gasteiger partial charge in [0, 0.05) is 30.6 Å². The quantitative estimate of drug-likeness (QED) is 0.281. The number of nitrogens with one attached hydrogen (secondary N) is 2. The Morgan fingerprint density at radius 2 is 2.04 bits per heavy atom. The highest BCUT2D eigenvalue weighted by molar-refractivity contribution is 14.0. The molecule has 142 valence electrons. The van der Waals surface area contributed by atoms with Crippen molar-refractivity contribution in [2.45, 2.75) is 26.2 Å². The zero-order valence-electron chi connectivity index (χ0n) is 15.2. The standard InChI is InChI=1S/C17H25ClFN3O2.HI/c1-11(15(23)24-5)9-21-16(20-4)22-10-17(2,3)13-7-6-12(19)8-14(13)18;/h6-8,11H,9-10H2,1-5H3,(H2,20,21,22);1H. The van der Waals surface area contributed by atoms with Crippen LogP contribution in [0.15, 0.2) is 23.2 Å². The number of rotatable bonds is 6. The van der Waals surface area contributed by atoms with Crippen LogP contribution in [-0.2, 0) is 14.9 Å². The maximum absolute atomic E-state index is 13.2. The van der Waals surface area contributed by atoms with Gasteiger partial charge in [0.15, 0.2) is 5.96 Å². The molecule has 0 amide bonds. The molecule has 0 saturated carbocycles. The van der Waals surface area contributed by atoms with Crippen LogP contribution in [0.2, 0.25) is 5.02 Å². The van der Waals surface area contributed by atoms with Gasteiger partial charge in [-0.2, -0.15) is 0 Å². The molecule has 0 aliphatic heterocycles. The minimum atomic E-state index is -0.359. The smallest absolute Gasteiger partial charge is 0.310 e. The molecule has 0 aliphatic rings. The first kappa shape index (κ1) is 23.9. The average molecular weight is 486 g/mol. The van der Waals surface area contributed by atoms with E-state index in [0.717, 1.165) is 5.56 Å². The topological polar surface area (TPSA) is 62.7 Å². The summed E-state index contributed by atoms with van der Waals surface area (Å²) in [6.07, 6.45) is 0. The lowest BCUT2D eigenvalue weighted by molar-refractivity contribution is -0.144. The third kappa shape index (κ3) is 7.35. The number of ether oxygens (including phenoxy) is 1. The SMILES string of the molecule is CN=C(NCC(C)C(=O)OC)NCC(C)(C)c1ccc(F)cc1Cl.I. The van der Waals surface area contributed by atoms with E-state index in [0.29, 0.717) is 24.1 Å². The van der Waals surface area contributed by atoms with Gasteiger partial charge in [0.05, 0.1) is 13.0 Å². The third-order valence-electron chi connectivity index (χ3n) is 3.76. The van der Waals surface area contributed by atoms with Gasteiger partial charge >= 0.3 is 5.97 Å². The minimum Gasteiger partial charge on any atom is -0.469 e. The highest BCUT2D eigenvalue weighted by atomic mass is 127. The number of carbonyl (C=O) groups is 1. The predicted octanol–water partition coefficient (Wildman–Crippen LogP) is 3.35. The highest BCUT2D eigenvalue weighted by Crippen LogP contribution is 2.29. The Balaban J connectivity index is 0.00000576. The number of hydrogen-bond acceptors (Lipinski definition) is 3. The maximum Gasteiger partial charge on any atom is 0.310 e. The molecule has 0 aliphatic carbocycles. The second-order valence-electron chi connectivity index (χ2n) is 6.24. The van der Waals surface area contributed by atoms with E-state index >= 15 is 0 Å².